The Bertz CT molecular complexity index is 933. The highest BCUT2D eigenvalue weighted by atomic mass is 32.1. The molecule has 0 aliphatic carbocycles. The number of hydrogen-bond acceptors (Lipinski definition) is 6. The van der Waals surface area contributed by atoms with E-state index in [-0.39, 0.29) is 6.04 Å². The number of likely N-dealkylation sites (tertiary alicyclic amines) is 1. The number of thiophene rings is 1. The van der Waals surface area contributed by atoms with Crippen LogP contribution in [0.2, 0.25) is 0 Å². The lowest BCUT2D eigenvalue weighted by Gasteiger charge is -2.29. The second-order valence-electron chi connectivity index (χ2n) is 7.07. The molecule has 1 aliphatic heterocycles. The van der Waals surface area contributed by atoms with Crippen LogP contribution in [0.1, 0.15) is 34.9 Å². The fourth-order valence-corrected chi connectivity index (χ4v) is 4.94. The molecule has 1 aliphatic rings. The van der Waals surface area contributed by atoms with Crippen molar-refractivity contribution in [3.05, 3.63) is 46.6 Å². The van der Waals surface area contributed by atoms with E-state index in [0.29, 0.717) is 0 Å². The van der Waals surface area contributed by atoms with Crippen molar-refractivity contribution < 1.29 is 4.74 Å². The summed E-state index contributed by atoms with van der Waals surface area (Å²) in [5, 5.41) is 4.78. The Balaban J connectivity index is 1.65. The average molecular weight is 383 g/mol. The van der Waals surface area contributed by atoms with E-state index in [0.717, 1.165) is 41.4 Å². The number of fused-ring (bicyclic) bond motifs is 1. The maximum Gasteiger partial charge on any atom is 0.138 e. The third kappa shape index (κ3) is 3.51. The fourth-order valence-electron chi connectivity index (χ4n) is 3.94. The van der Waals surface area contributed by atoms with Crippen LogP contribution in [0.4, 0.5) is 5.82 Å². The zero-order valence-corrected chi connectivity index (χ0v) is 17.0. The minimum Gasteiger partial charge on any atom is -0.496 e. The van der Waals surface area contributed by atoms with Crippen LogP contribution in [0.25, 0.3) is 10.2 Å². The third-order valence-electron chi connectivity index (χ3n) is 5.51. The predicted octanol–water partition coefficient (Wildman–Crippen LogP) is 4.57. The number of benzene rings is 1. The molecule has 2 aromatic heterocycles. The van der Waals surface area contributed by atoms with E-state index in [2.05, 4.69) is 46.2 Å². The van der Waals surface area contributed by atoms with Gasteiger partial charge in [0.2, 0.25) is 0 Å². The van der Waals surface area contributed by atoms with Gasteiger partial charge in [0.25, 0.3) is 0 Å². The van der Waals surface area contributed by atoms with Gasteiger partial charge < -0.3 is 10.1 Å². The molecule has 0 saturated carbocycles. The van der Waals surface area contributed by atoms with Crippen molar-refractivity contribution in [2.24, 2.45) is 0 Å². The summed E-state index contributed by atoms with van der Waals surface area (Å²) in [7, 11) is 1.75. The summed E-state index contributed by atoms with van der Waals surface area (Å²) in [5.41, 5.74) is 2.51. The number of nitrogens with zero attached hydrogens (tertiary/aromatic N) is 3. The van der Waals surface area contributed by atoms with E-state index in [4.69, 9.17) is 4.74 Å². The Labute approximate surface area is 164 Å². The number of para-hydroxylation sites is 1. The van der Waals surface area contributed by atoms with Gasteiger partial charge in [-0.2, -0.15) is 0 Å². The van der Waals surface area contributed by atoms with Crippen LogP contribution in [0.15, 0.2) is 30.6 Å². The van der Waals surface area contributed by atoms with Gasteiger partial charge >= 0.3 is 0 Å². The third-order valence-corrected chi connectivity index (χ3v) is 6.62. The lowest BCUT2D eigenvalue weighted by molar-refractivity contribution is 0.249. The number of nitrogens with one attached hydrogen (secondary N) is 1. The zero-order chi connectivity index (χ0) is 18.8. The summed E-state index contributed by atoms with van der Waals surface area (Å²) in [6.45, 7) is 7.34. The van der Waals surface area contributed by atoms with E-state index < -0.39 is 0 Å². The van der Waals surface area contributed by atoms with Crippen LogP contribution in [0, 0.1) is 13.8 Å². The van der Waals surface area contributed by atoms with Gasteiger partial charge in [-0.25, -0.2) is 9.97 Å². The minimum atomic E-state index is 0.258. The largest absolute Gasteiger partial charge is 0.496 e. The topological polar surface area (TPSA) is 50.3 Å². The molecule has 1 fully saturated rings. The second kappa shape index (κ2) is 7.82. The molecule has 6 heteroatoms. The molecule has 3 aromatic rings. The van der Waals surface area contributed by atoms with Crippen LogP contribution in [-0.2, 0) is 0 Å². The van der Waals surface area contributed by atoms with Crippen molar-refractivity contribution in [1.82, 2.24) is 14.9 Å². The first-order valence-corrected chi connectivity index (χ1v) is 10.3. The number of methoxy groups -OCH3 is 1. The number of aromatic nitrogens is 2. The summed E-state index contributed by atoms with van der Waals surface area (Å²) in [6.07, 6.45) is 4.17. The number of hydrogen-bond donors (Lipinski definition) is 1. The van der Waals surface area contributed by atoms with Crippen LogP contribution in [0.5, 0.6) is 5.75 Å². The molecule has 1 saturated heterocycles. The molecule has 0 amide bonds. The van der Waals surface area contributed by atoms with Gasteiger partial charge in [0.05, 0.1) is 18.5 Å². The average Bonchev–Trinajstić information content (AvgIpc) is 3.32. The number of aryl methyl sites for hydroxylation is 2. The molecule has 5 nitrogen and oxygen atoms in total. The number of rotatable bonds is 6. The summed E-state index contributed by atoms with van der Waals surface area (Å²) >= 11 is 1.73. The summed E-state index contributed by atoms with van der Waals surface area (Å²) in [5.74, 6) is 1.88. The molecule has 1 atom stereocenters. The standard InChI is InChI=1S/C21H26N4OS/c1-14-15(2)27-21-19(14)20(23-13-24-21)22-12-17(25-10-6-7-11-25)16-8-4-5-9-18(16)26-3/h4-5,8-9,13,17H,6-7,10-12H2,1-3H3,(H,22,23,24). The van der Waals surface area contributed by atoms with Crippen LogP contribution in [-0.4, -0.2) is 41.6 Å². The molecule has 1 unspecified atom stereocenters. The van der Waals surface area contributed by atoms with Gasteiger partial charge in [-0.15, -0.1) is 11.3 Å². The molecule has 1 aromatic carbocycles. The van der Waals surface area contributed by atoms with Gasteiger partial charge in [0.15, 0.2) is 0 Å². The molecular formula is C21H26N4OS. The van der Waals surface area contributed by atoms with Gasteiger partial charge in [-0.3, -0.25) is 4.90 Å². The molecule has 0 radical (unpaired) electrons. The van der Waals surface area contributed by atoms with Crippen molar-refractivity contribution in [1.29, 1.82) is 0 Å². The summed E-state index contributed by atoms with van der Waals surface area (Å²) in [4.78, 5) is 13.9. The Hall–Kier alpha value is -2.18. The fraction of sp³-hybridized carbons (Fsp3) is 0.429. The van der Waals surface area contributed by atoms with Crippen molar-refractivity contribution in [2.75, 3.05) is 32.1 Å². The Morgan fingerprint density at radius 3 is 2.74 bits per heavy atom. The SMILES string of the molecule is COc1ccccc1C(CNc1ncnc2sc(C)c(C)c12)N1CCCC1. The highest BCUT2D eigenvalue weighted by Crippen LogP contribution is 2.35. The highest BCUT2D eigenvalue weighted by Gasteiger charge is 2.26. The Kier molecular flexibility index (Phi) is 5.27. The van der Waals surface area contributed by atoms with Crippen LogP contribution in [0.3, 0.4) is 0 Å². The Morgan fingerprint density at radius 1 is 1.19 bits per heavy atom. The maximum atomic E-state index is 5.65. The van der Waals surface area contributed by atoms with Crippen molar-refractivity contribution in [3.8, 4) is 5.75 Å². The first-order chi connectivity index (χ1) is 13.2. The monoisotopic (exact) mass is 382 g/mol. The van der Waals surface area contributed by atoms with Gasteiger partial charge in [-0.05, 0) is 51.4 Å². The first-order valence-electron chi connectivity index (χ1n) is 9.50. The van der Waals surface area contributed by atoms with Gasteiger partial charge in [-0.1, -0.05) is 18.2 Å². The smallest absolute Gasteiger partial charge is 0.138 e. The summed E-state index contributed by atoms with van der Waals surface area (Å²) < 4.78 is 5.65. The molecule has 3 heterocycles. The molecule has 27 heavy (non-hydrogen) atoms. The summed E-state index contributed by atoms with van der Waals surface area (Å²) in [6, 6.07) is 8.61. The van der Waals surface area contributed by atoms with Crippen molar-refractivity contribution >= 4 is 27.4 Å². The minimum absolute atomic E-state index is 0.258. The van der Waals surface area contributed by atoms with Crippen molar-refractivity contribution in [3.63, 3.8) is 0 Å². The highest BCUT2D eigenvalue weighted by molar-refractivity contribution is 7.18. The predicted molar refractivity (Wildman–Crippen MR) is 112 cm³/mol. The van der Waals surface area contributed by atoms with Gasteiger partial charge in [0.1, 0.15) is 22.7 Å². The molecule has 4 rings (SSSR count). The van der Waals surface area contributed by atoms with E-state index in [1.807, 2.05) is 12.1 Å². The molecule has 0 spiro atoms. The van der Waals surface area contributed by atoms with E-state index >= 15 is 0 Å². The van der Waals surface area contributed by atoms with Crippen LogP contribution >= 0.6 is 11.3 Å². The van der Waals surface area contributed by atoms with Gasteiger partial charge in [0, 0.05) is 17.0 Å². The quantitative estimate of drug-likeness (QED) is 0.677. The Morgan fingerprint density at radius 2 is 1.96 bits per heavy atom. The van der Waals surface area contributed by atoms with Crippen LogP contribution < -0.4 is 10.1 Å². The lowest BCUT2D eigenvalue weighted by Crippen LogP contribution is -2.31. The first kappa shape index (κ1) is 18.2. The van der Waals surface area contributed by atoms with E-state index in [1.165, 1.54) is 28.8 Å². The van der Waals surface area contributed by atoms with Crippen molar-refractivity contribution in [2.45, 2.75) is 32.7 Å². The van der Waals surface area contributed by atoms with E-state index in [9.17, 15) is 0 Å². The zero-order valence-electron chi connectivity index (χ0n) is 16.2. The molecule has 0 bridgehead atoms. The molecular weight excluding hydrogens is 356 g/mol. The molecule has 142 valence electrons. The maximum absolute atomic E-state index is 5.65. The number of anilines is 1. The number of ether oxygens (including phenoxy) is 1. The van der Waals surface area contributed by atoms with E-state index in [1.54, 1.807) is 24.8 Å². The second-order valence-corrected chi connectivity index (χ2v) is 8.27. The normalized spacial score (nSPS) is 16.0. The molecule has 1 N–H and O–H groups in total. The lowest BCUT2D eigenvalue weighted by atomic mass is 10.0.